The number of alkyl halides is 1. The zero-order valence-electron chi connectivity index (χ0n) is 11.8. The SMILES string of the molecule is CC(C)(C)n1c(CBr)nnc1-c1cc(F)ccc1[N+](=O)[O-]. The monoisotopic (exact) mass is 356 g/mol. The van der Waals surface area contributed by atoms with Crippen LogP contribution in [0.15, 0.2) is 18.2 Å². The van der Waals surface area contributed by atoms with Crippen LogP contribution in [-0.4, -0.2) is 19.7 Å². The molecule has 1 aromatic carbocycles. The van der Waals surface area contributed by atoms with Crippen molar-refractivity contribution in [1.82, 2.24) is 14.8 Å². The molecule has 0 saturated heterocycles. The van der Waals surface area contributed by atoms with Crippen molar-refractivity contribution in [3.63, 3.8) is 0 Å². The molecule has 2 aromatic rings. The van der Waals surface area contributed by atoms with Crippen molar-refractivity contribution in [1.29, 1.82) is 0 Å². The highest BCUT2D eigenvalue weighted by Gasteiger charge is 2.28. The Bertz CT molecular complexity index is 694. The number of rotatable bonds is 3. The summed E-state index contributed by atoms with van der Waals surface area (Å²) >= 11 is 3.32. The van der Waals surface area contributed by atoms with Crippen LogP contribution in [0.2, 0.25) is 0 Å². The van der Waals surface area contributed by atoms with Crippen LogP contribution >= 0.6 is 15.9 Å². The smallest absolute Gasteiger partial charge is 0.280 e. The molecule has 8 heteroatoms. The first-order valence-corrected chi connectivity index (χ1v) is 7.33. The number of aromatic nitrogens is 3. The Balaban J connectivity index is 2.76. The van der Waals surface area contributed by atoms with Crippen molar-refractivity contribution < 1.29 is 9.31 Å². The first-order chi connectivity index (χ1) is 9.75. The van der Waals surface area contributed by atoms with Crippen LogP contribution in [0.1, 0.15) is 26.6 Å². The second kappa shape index (κ2) is 5.51. The van der Waals surface area contributed by atoms with Crippen LogP contribution in [0.5, 0.6) is 0 Å². The molecule has 0 unspecified atom stereocenters. The van der Waals surface area contributed by atoms with E-state index in [4.69, 9.17) is 0 Å². The molecule has 6 nitrogen and oxygen atoms in total. The average Bonchev–Trinajstić information content (AvgIpc) is 2.81. The second-order valence-electron chi connectivity index (χ2n) is 5.50. The summed E-state index contributed by atoms with van der Waals surface area (Å²) < 4.78 is 15.3. The van der Waals surface area contributed by atoms with Crippen molar-refractivity contribution >= 4 is 21.6 Å². The predicted octanol–water partition coefficient (Wildman–Crippen LogP) is 3.64. The van der Waals surface area contributed by atoms with Gasteiger partial charge in [0, 0.05) is 11.6 Å². The Hall–Kier alpha value is -1.83. The first kappa shape index (κ1) is 15.6. The van der Waals surface area contributed by atoms with Crippen LogP contribution in [-0.2, 0) is 10.9 Å². The normalized spacial score (nSPS) is 11.7. The zero-order valence-corrected chi connectivity index (χ0v) is 13.4. The largest absolute Gasteiger partial charge is 0.305 e. The van der Waals surface area contributed by atoms with Gasteiger partial charge in [0.1, 0.15) is 11.6 Å². The Morgan fingerprint density at radius 3 is 2.57 bits per heavy atom. The van der Waals surface area contributed by atoms with Crippen molar-refractivity contribution in [2.45, 2.75) is 31.6 Å². The summed E-state index contributed by atoms with van der Waals surface area (Å²) in [6.07, 6.45) is 0. The minimum atomic E-state index is -0.556. The third-order valence-corrected chi connectivity index (χ3v) is 3.42. The summed E-state index contributed by atoms with van der Waals surface area (Å²) in [5.74, 6) is 0.346. The van der Waals surface area contributed by atoms with Gasteiger partial charge in [-0.05, 0) is 32.9 Å². The molecular weight excluding hydrogens is 343 g/mol. The van der Waals surface area contributed by atoms with Gasteiger partial charge in [-0.15, -0.1) is 10.2 Å². The van der Waals surface area contributed by atoms with E-state index in [2.05, 4.69) is 26.1 Å². The van der Waals surface area contributed by atoms with Crippen molar-refractivity contribution in [2.24, 2.45) is 0 Å². The number of nitrogens with zero attached hydrogens (tertiary/aromatic N) is 4. The lowest BCUT2D eigenvalue weighted by atomic mass is 10.1. The van der Waals surface area contributed by atoms with Gasteiger partial charge in [0.05, 0.1) is 15.8 Å². The fraction of sp³-hybridized carbons (Fsp3) is 0.385. The van der Waals surface area contributed by atoms with Gasteiger partial charge in [-0.2, -0.15) is 0 Å². The van der Waals surface area contributed by atoms with E-state index in [0.29, 0.717) is 11.2 Å². The molecular formula is C13H14BrFN4O2. The van der Waals surface area contributed by atoms with Crippen molar-refractivity contribution in [3.05, 3.63) is 40.0 Å². The topological polar surface area (TPSA) is 73.8 Å². The lowest BCUT2D eigenvalue weighted by Gasteiger charge is -2.24. The molecule has 0 aliphatic carbocycles. The van der Waals surface area contributed by atoms with Crippen LogP contribution in [0.3, 0.4) is 0 Å². The van der Waals surface area contributed by atoms with E-state index in [1.165, 1.54) is 0 Å². The second-order valence-corrected chi connectivity index (χ2v) is 6.06. The maximum Gasteiger partial charge on any atom is 0.280 e. The summed E-state index contributed by atoms with van der Waals surface area (Å²) in [7, 11) is 0. The Kier molecular flexibility index (Phi) is 4.08. The molecule has 0 spiro atoms. The average molecular weight is 357 g/mol. The number of halogens is 2. The van der Waals surface area contributed by atoms with Gasteiger partial charge in [-0.3, -0.25) is 10.1 Å². The zero-order chi connectivity index (χ0) is 15.8. The highest BCUT2D eigenvalue weighted by Crippen LogP contribution is 2.33. The van der Waals surface area contributed by atoms with E-state index in [9.17, 15) is 14.5 Å². The van der Waals surface area contributed by atoms with Gasteiger partial charge >= 0.3 is 0 Å². The van der Waals surface area contributed by atoms with Gasteiger partial charge < -0.3 is 4.57 Å². The van der Waals surface area contributed by atoms with E-state index in [-0.39, 0.29) is 17.1 Å². The molecule has 112 valence electrons. The highest BCUT2D eigenvalue weighted by molar-refractivity contribution is 9.08. The van der Waals surface area contributed by atoms with Crippen LogP contribution < -0.4 is 0 Å². The van der Waals surface area contributed by atoms with Gasteiger partial charge in [-0.1, -0.05) is 15.9 Å². The summed E-state index contributed by atoms with van der Waals surface area (Å²) in [6, 6.07) is 3.31. The standard InChI is InChI=1S/C13H14BrFN4O2/c1-13(2,3)18-11(7-14)16-17-12(18)9-6-8(15)4-5-10(9)19(20)21/h4-6H,7H2,1-3H3. The first-order valence-electron chi connectivity index (χ1n) is 6.20. The van der Waals surface area contributed by atoms with E-state index >= 15 is 0 Å². The molecule has 0 amide bonds. The van der Waals surface area contributed by atoms with Crippen molar-refractivity contribution in [3.8, 4) is 11.4 Å². The molecule has 0 N–H and O–H groups in total. The van der Waals surface area contributed by atoms with Crippen LogP contribution in [0, 0.1) is 15.9 Å². The fourth-order valence-corrected chi connectivity index (χ4v) is 2.49. The maximum atomic E-state index is 13.5. The number of hydrogen-bond donors (Lipinski definition) is 0. The van der Waals surface area contributed by atoms with Crippen molar-refractivity contribution in [2.75, 3.05) is 0 Å². The Labute approximate surface area is 129 Å². The number of hydrogen-bond acceptors (Lipinski definition) is 4. The highest BCUT2D eigenvalue weighted by atomic mass is 79.9. The van der Waals surface area contributed by atoms with Gasteiger partial charge in [0.15, 0.2) is 5.82 Å². The molecule has 2 rings (SSSR count). The van der Waals surface area contributed by atoms with Gasteiger partial charge in [-0.25, -0.2) is 4.39 Å². The maximum absolute atomic E-state index is 13.5. The predicted molar refractivity (Wildman–Crippen MR) is 79.7 cm³/mol. The summed E-state index contributed by atoms with van der Waals surface area (Å²) in [4.78, 5) is 10.6. The molecule has 0 saturated carbocycles. The molecule has 0 bridgehead atoms. The molecule has 0 aliphatic heterocycles. The van der Waals surface area contributed by atoms with E-state index < -0.39 is 16.3 Å². The lowest BCUT2D eigenvalue weighted by Crippen LogP contribution is -2.25. The summed E-state index contributed by atoms with van der Waals surface area (Å²) in [6.45, 7) is 5.78. The number of benzene rings is 1. The van der Waals surface area contributed by atoms with Crippen LogP contribution in [0.25, 0.3) is 11.4 Å². The summed E-state index contributed by atoms with van der Waals surface area (Å²) in [5, 5.41) is 19.7. The Morgan fingerprint density at radius 1 is 1.38 bits per heavy atom. The number of nitro benzene ring substituents is 1. The quantitative estimate of drug-likeness (QED) is 0.478. The molecule has 0 fully saturated rings. The van der Waals surface area contributed by atoms with Gasteiger partial charge in [0.2, 0.25) is 0 Å². The molecule has 1 heterocycles. The van der Waals surface area contributed by atoms with Crippen LogP contribution in [0.4, 0.5) is 10.1 Å². The fourth-order valence-electron chi connectivity index (χ4n) is 2.13. The molecule has 21 heavy (non-hydrogen) atoms. The summed E-state index contributed by atoms with van der Waals surface area (Å²) in [5.41, 5.74) is -0.479. The Morgan fingerprint density at radius 2 is 2.05 bits per heavy atom. The lowest BCUT2D eigenvalue weighted by molar-refractivity contribution is -0.384. The van der Waals surface area contributed by atoms with E-state index in [0.717, 1.165) is 18.2 Å². The molecule has 1 aromatic heterocycles. The van der Waals surface area contributed by atoms with Gasteiger partial charge in [0.25, 0.3) is 5.69 Å². The molecule has 0 aliphatic rings. The molecule has 0 atom stereocenters. The minimum Gasteiger partial charge on any atom is -0.305 e. The number of nitro groups is 1. The van der Waals surface area contributed by atoms with E-state index in [1.807, 2.05) is 20.8 Å². The van der Waals surface area contributed by atoms with E-state index in [1.54, 1.807) is 4.57 Å². The third-order valence-electron chi connectivity index (χ3n) is 2.92. The minimum absolute atomic E-state index is 0.120. The third kappa shape index (κ3) is 2.94. The molecule has 0 radical (unpaired) electrons.